The fourth-order valence-electron chi connectivity index (χ4n) is 3.18. The number of rotatable bonds is 7. The summed E-state index contributed by atoms with van der Waals surface area (Å²) < 4.78 is 26.4. The average molecular weight is 409 g/mol. The first-order valence-electron chi connectivity index (χ1n) is 9.01. The first-order valence-corrected chi connectivity index (χ1v) is 11.3. The Morgan fingerprint density at radius 1 is 1.30 bits per heavy atom. The maximum Gasteiger partial charge on any atom is 0.251 e. The Labute approximate surface area is 164 Å². The van der Waals surface area contributed by atoms with E-state index < -0.39 is 10.0 Å². The molecule has 1 aromatic carbocycles. The van der Waals surface area contributed by atoms with E-state index in [9.17, 15) is 13.2 Å². The fourth-order valence-corrected chi connectivity index (χ4v) is 5.32. The Bertz CT molecular complexity index is 863. The molecule has 3 rings (SSSR count). The normalized spacial score (nSPS) is 17.4. The lowest BCUT2D eigenvalue weighted by molar-refractivity contribution is 0.0940. The van der Waals surface area contributed by atoms with Gasteiger partial charge in [-0.25, -0.2) is 13.4 Å². The van der Waals surface area contributed by atoms with Crippen LogP contribution in [-0.4, -0.2) is 55.8 Å². The first-order chi connectivity index (χ1) is 13.0. The minimum atomic E-state index is -3.51. The second-order valence-corrected chi connectivity index (χ2v) is 9.14. The molecule has 1 amide bonds. The summed E-state index contributed by atoms with van der Waals surface area (Å²) in [5.41, 5.74) is 0.459. The van der Waals surface area contributed by atoms with Crippen LogP contribution in [0.3, 0.4) is 0 Å². The summed E-state index contributed by atoms with van der Waals surface area (Å²) in [6.07, 6.45) is 2.64. The second kappa shape index (κ2) is 8.37. The van der Waals surface area contributed by atoms with Crippen LogP contribution in [0, 0.1) is 0 Å². The number of carbonyl (C=O) groups excluding carboxylic acids is 1. The Kier molecular flexibility index (Phi) is 6.13. The standard InChI is InChI=1S/C18H24N4O3S2/c1-3-22(4-2)27(24,25)16-7-5-14(6-8-16)17(23)20-15-9-11-21(13-15)18-19-10-12-26-18/h5-8,10,12,15H,3-4,9,11,13H2,1-2H3,(H,20,23). The molecule has 0 radical (unpaired) electrons. The van der Waals surface area contributed by atoms with Crippen LogP contribution < -0.4 is 10.2 Å². The summed E-state index contributed by atoms with van der Waals surface area (Å²) in [6, 6.07) is 6.19. The molecule has 146 valence electrons. The van der Waals surface area contributed by atoms with E-state index in [4.69, 9.17) is 0 Å². The van der Waals surface area contributed by atoms with Gasteiger partial charge in [0, 0.05) is 49.4 Å². The van der Waals surface area contributed by atoms with E-state index in [1.807, 2.05) is 5.38 Å². The predicted molar refractivity (Wildman–Crippen MR) is 107 cm³/mol. The Morgan fingerprint density at radius 3 is 2.59 bits per heavy atom. The quantitative estimate of drug-likeness (QED) is 0.759. The van der Waals surface area contributed by atoms with Crippen molar-refractivity contribution in [2.45, 2.75) is 31.2 Å². The topological polar surface area (TPSA) is 82.6 Å². The molecule has 0 spiro atoms. The maximum absolute atomic E-state index is 12.5. The van der Waals surface area contributed by atoms with Gasteiger partial charge in [-0.05, 0) is 30.7 Å². The number of sulfonamides is 1. The molecule has 7 nitrogen and oxygen atoms in total. The lowest BCUT2D eigenvalue weighted by atomic mass is 10.2. The minimum absolute atomic E-state index is 0.0560. The molecular formula is C18H24N4O3S2. The Morgan fingerprint density at radius 2 is 2.00 bits per heavy atom. The van der Waals surface area contributed by atoms with Gasteiger partial charge in [-0.2, -0.15) is 4.31 Å². The molecule has 1 unspecified atom stereocenters. The fraction of sp³-hybridized carbons (Fsp3) is 0.444. The van der Waals surface area contributed by atoms with Crippen molar-refractivity contribution in [1.29, 1.82) is 0 Å². The van der Waals surface area contributed by atoms with Gasteiger partial charge in [-0.3, -0.25) is 4.79 Å². The molecule has 1 aliphatic rings. The first kappa shape index (κ1) is 19.8. The van der Waals surface area contributed by atoms with E-state index in [1.54, 1.807) is 43.5 Å². The smallest absolute Gasteiger partial charge is 0.251 e. The van der Waals surface area contributed by atoms with Crippen LogP contribution in [0.25, 0.3) is 0 Å². The molecule has 0 aliphatic carbocycles. The van der Waals surface area contributed by atoms with Gasteiger partial charge in [0.05, 0.1) is 4.90 Å². The summed E-state index contributed by atoms with van der Waals surface area (Å²) >= 11 is 1.59. The summed E-state index contributed by atoms with van der Waals surface area (Å²) in [5, 5.41) is 5.94. The highest BCUT2D eigenvalue weighted by Gasteiger charge is 2.26. The van der Waals surface area contributed by atoms with Crippen molar-refractivity contribution in [2.24, 2.45) is 0 Å². The number of nitrogens with zero attached hydrogens (tertiary/aromatic N) is 3. The van der Waals surface area contributed by atoms with Crippen molar-refractivity contribution < 1.29 is 13.2 Å². The molecule has 0 saturated carbocycles. The summed E-state index contributed by atoms with van der Waals surface area (Å²) in [6.45, 7) is 6.03. The van der Waals surface area contributed by atoms with E-state index in [1.165, 1.54) is 16.4 Å². The van der Waals surface area contributed by atoms with E-state index in [0.29, 0.717) is 18.7 Å². The van der Waals surface area contributed by atoms with Crippen LogP contribution in [0.2, 0.25) is 0 Å². The second-order valence-electron chi connectivity index (χ2n) is 6.33. The van der Waals surface area contributed by atoms with Gasteiger partial charge in [0.25, 0.3) is 5.91 Å². The van der Waals surface area contributed by atoms with Gasteiger partial charge in [0.2, 0.25) is 10.0 Å². The zero-order valence-corrected chi connectivity index (χ0v) is 17.1. The van der Waals surface area contributed by atoms with Gasteiger partial charge < -0.3 is 10.2 Å². The summed E-state index contributed by atoms with van der Waals surface area (Å²) in [5.74, 6) is -0.187. The van der Waals surface area contributed by atoms with E-state index >= 15 is 0 Å². The number of benzene rings is 1. The Hall–Kier alpha value is -1.97. The largest absolute Gasteiger partial charge is 0.347 e. The third-order valence-electron chi connectivity index (χ3n) is 4.67. The van der Waals surface area contributed by atoms with E-state index in [2.05, 4.69) is 15.2 Å². The predicted octanol–water partition coefficient (Wildman–Crippen LogP) is 2.18. The monoisotopic (exact) mass is 408 g/mol. The van der Waals surface area contributed by atoms with Gasteiger partial charge >= 0.3 is 0 Å². The Balaban J connectivity index is 1.63. The highest BCUT2D eigenvalue weighted by atomic mass is 32.2. The molecule has 1 aliphatic heterocycles. The molecular weight excluding hydrogens is 384 g/mol. The van der Waals surface area contributed by atoms with Crippen molar-refractivity contribution in [3.05, 3.63) is 41.4 Å². The minimum Gasteiger partial charge on any atom is -0.347 e. The molecule has 1 saturated heterocycles. The molecule has 2 aromatic rings. The van der Waals surface area contributed by atoms with E-state index in [0.717, 1.165) is 24.6 Å². The van der Waals surface area contributed by atoms with Crippen LogP contribution in [0.1, 0.15) is 30.6 Å². The molecule has 1 atom stereocenters. The van der Waals surface area contributed by atoms with Crippen LogP contribution >= 0.6 is 11.3 Å². The third-order valence-corrected chi connectivity index (χ3v) is 7.57. The number of amides is 1. The van der Waals surface area contributed by atoms with Gasteiger partial charge in [-0.15, -0.1) is 11.3 Å². The van der Waals surface area contributed by atoms with Crippen molar-refractivity contribution >= 4 is 32.4 Å². The van der Waals surface area contributed by atoms with Crippen LogP contribution in [-0.2, 0) is 10.0 Å². The maximum atomic E-state index is 12.5. The highest BCUT2D eigenvalue weighted by molar-refractivity contribution is 7.89. The average Bonchev–Trinajstić information content (AvgIpc) is 3.34. The molecule has 1 fully saturated rings. The number of aromatic nitrogens is 1. The van der Waals surface area contributed by atoms with Crippen molar-refractivity contribution in [3.63, 3.8) is 0 Å². The number of nitrogens with one attached hydrogen (secondary N) is 1. The number of thiazole rings is 1. The van der Waals surface area contributed by atoms with Gasteiger partial charge in [0.1, 0.15) is 0 Å². The molecule has 1 aromatic heterocycles. The van der Waals surface area contributed by atoms with Gasteiger partial charge in [-0.1, -0.05) is 13.8 Å². The highest BCUT2D eigenvalue weighted by Crippen LogP contribution is 2.22. The lowest BCUT2D eigenvalue weighted by Crippen LogP contribution is -2.37. The van der Waals surface area contributed by atoms with Crippen molar-refractivity contribution in [2.75, 3.05) is 31.1 Å². The SMILES string of the molecule is CCN(CC)S(=O)(=O)c1ccc(C(=O)NC2CCN(c3nccs3)C2)cc1. The zero-order valence-electron chi connectivity index (χ0n) is 15.5. The molecule has 2 heterocycles. The molecule has 0 bridgehead atoms. The zero-order chi connectivity index (χ0) is 19.4. The summed E-state index contributed by atoms with van der Waals surface area (Å²) in [4.78, 5) is 19.2. The van der Waals surface area contributed by atoms with E-state index in [-0.39, 0.29) is 16.8 Å². The van der Waals surface area contributed by atoms with Crippen LogP contribution in [0.15, 0.2) is 40.7 Å². The van der Waals surface area contributed by atoms with Crippen LogP contribution in [0.5, 0.6) is 0 Å². The number of hydrogen-bond donors (Lipinski definition) is 1. The van der Waals surface area contributed by atoms with Gasteiger partial charge in [0.15, 0.2) is 5.13 Å². The number of hydrogen-bond acceptors (Lipinski definition) is 6. The third kappa shape index (κ3) is 4.31. The number of anilines is 1. The van der Waals surface area contributed by atoms with Crippen molar-refractivity contribution in [3.8, 4) is 0 Å². The molecule has 9 heteroatoms. The lowest BCUT2D eigenvalue weighted by Gasteiger charge is -2.18. The van der Waals surface area contributed by atoms with Crippen LogP contribution in [0.4, 0.5) is 5.13 Å². The summed E-state index contributed by atoms with van der Waals surface area (Å²) in [7, 11) is -3.51. The molecule has 27 heavy (non-hydrogen) atoms. The number of carbonyl (C=O) groups is 1. The molecule has 1 N–H and O–H groups in total. The van der Waals surface area contributed by atoms with Crippen molar-refractivity contribution in [1.82, 2.24) is 14.6 Å².